The topological polar surface area (TPSA) is 55.7 Å². The van der Waals surface area contributed by atoms with E-state index in [1.165, 1.54) is 0 Å². The maximum Gasteiger partial charge on any atom is 0.315 e. The molecule has 0 fully saturated rings. The summed E-state index contributed by atoms with van der Waals surface area (Å²) < 4.78 is 5.45. The van der Waals surface area contributed by atoms with Crippen molar-refractivity contribution in [1.29, 1.82) is 0 Å². The van der Waals surface area contributed by atoms with Gasteiger partial charge in [0, 0.05) is 34.2 Å². The Hall–Kier alpha value is -1.88. The van der Waals surface area contributed by atoms with Gasteiger partial charge >= 0.3 is 5.97 Å². The van der Waals surface area contributed by atoms with Crippen LogP contribution in [-0.2, 0) is 14.3 Å². The fraction of sp³-hybridized carbons (Fsp3) is 0.476. The Kier molecular flexibility index (Phi) is 5.97. The minimum Gasteiger partial charge on any atom is -0.465 e. The van der Waals surface area contributed by atoms with Crippen molar-refractivity contribution in [3.63, 3.8) is 0 Å². The highest BCUT2D eigenvalue weighted by Crippen LogP contribution is 2.43. The molecule has 0 N–H and O–H groups in total. The second-order valence-corrected chi connectivity index (χ2v) is 7.67. The predicted octanol–water partition coefficient (Wildman–Crippen LogP) is 4.54. The average Bonchev–Trinajstić information content (AvgIpc) is 2.65. The van der Waals surface area contributed by atoms with Gasteiger partial charge in [-0.1, -0.05) is 19.1 Å². The molecule has 4 nitrogen and oxygen atoms in total. The molecule has 3 rings (SSSR count). The monoisotopic (exact) mass is 371 g/mol. The fourth-order valence-electron chi connectivity index (χ4n) is 3.78. The molecular weight excluding hydrogens is 346 g/mol. The molecule has 26 heavy (non-hydrogen) atoms. The smallest absolute Gasteiger partial charge is 0.315 e. The Morgan fingerprint density at radius 1 is 1.27 bits per heavy atom. The van der Waals surface area contributed by atoms with E-state index in [1.54, 1.807) is 11.8 Å². The summed E-state index contributed by atoms with van der Waals surface area (Å²) in [7, 11) is 0. The molecule has 1 unspecified atom stereocenters. The third kappa shape index (κ3) is 3.63. The molecule has 1 heterocycles. The lowest BCUT2D eigenvalue weighted by molar-refractivity contribution is -0.146. The molecule has 0 bridgehead atoms. The molecule has 2 atom stereocenters. The maximum absolute atomic E-state index is 12.8. The van der Waals surface area contributed by atoms with Crippen molar-refractivity contribution in [3.05, 3.63) is 41.1 Å². The highest BCUT2D eigenvalue weighted by atomic mass is 32.2. The van der Waals surface area contributed by atoms with E-state index >= 15 is 0 Å². The Labute approximate surface area is 159 Å². The van der Waals surface area contributed by atoms with Crippen LogP contribution in [0.1, 0.15) is 51.0 Å². The molecule has 0 saturated heterocycles. The molecule has 1 aromatic rings. The zero-order chi connectivity index (χ0) is 18.7. The number of Topliss-reactive ketones (excluding diaryl/α,β-unsaturated/α-hetero) is 1. The molecular formula is C21H25NO3S. The van der Waals surface area contributed by atoms with Gasteiger partial charge in [0.15, 0.2) is 5.78 Å². The van der Waals surface area contributed by atoms with E-state index in [4.69, 9.17) is 4.74 Å². The minimum atomic E-state index is -0.525. The van der Waals surface area contributed by atoms with Crippen molar-refractivity contribution in [2.75, 3.05) is 12.9 Å². The van der Waals surface area contributed by atoms with Crippen LogP contribution < -0.4 is 0 Å². The molecule has 5 heteroatoms. The molecule has 2 aliphatic rings. The van der Waals surface area contributed by atoms with E-state index in [1.807, 2.05) is 44.4 Å². The van der Waals surface area contributed by atoms with Crippen molar-refractivity contribution < 1.29 is 14.3 Å². The first kappa shape index (κ1) is 18.9. The Bertz CT molecular complexity index is 764. The van der Waals surface area contributed by atoms with Gasteiger partial charge in [0.05, 0.1) is 6.61 Å². The largest absolute Gasteiger partial charge is 0.465 e. The highest BCUT2D eigenvalue weighted by Gasteiger charge is 2.43. The number of nitrogens with zero attached hydrogens (tertiary/aromatic N) is 1. The number of carbonyl (C=O) groups is 2. The summed E-state index contributed by atoms with van der Waals surface area (Å²) in [4.78, 5) is 31.4. The standard InChI is InChI=1S/C21H25NO3S/c1-4-12-25-21(24)18-13(2)22-16-6-5-7-17(23)20(16)19(18)14-8-10-15(26-3)11-9-14/h8-11,18-19H,4-7,12H2,1-3H3/t18?,19-/m0/s1. The summed E-state index contributed by atoms with van der Waals surface area (Å²) >= 11 is 1.67. The van der Waals surface area contributed by atoms with E-state index in [-0.39, 0.29) is 17.7 Å². The zero-order valence-corrected chi connectivity index (χ0v) is 16.4. The lowest BCUT2D eigenvalue weighted by Gasteiger charge is -2.34. The summed E-state index contributed by atoms with van der Waals surface area (Å²) in [6.07, 6.45) is 4.97. The van der Waals surface area contributed by atoms with Crippen molar-refractivity contribution in [2.45, 2.75) is 50.3 Å². The van der Waals surface area contributed by atoms with Gasteiger partial charge in [-0.05, 0) is 50.1 Å². The van der Waals surface area contributed by atoms with Gasteiger partial charge in [-0.3, -0.25) is 14.6 Å². The first-order valence-electron chi connectivity index (χ1n) is 9.18. The van der Waals surface area contributed by atoms with Gasteiger partial charge in [-0.2, -0.15) is 0 Å². The number of rotatable bonds is 5. The molecule has 1 aliphatic heterocycles. The fourth-order valence-corrected chi connectivity index (χ4v) is 4.18. The number of aliphatic imine (C=N–C) groups is 1. The number of hydrogen-bond donors (Lipinski definition) is 0. The Morgan fingerprint density at radius 2 is 2.00 bits per heavy atom. The third-order valence-electron chi connectivity index (χ3n) is 5.01. The van der Waals surface area contributed by atoms with Crippen LogP contribution in [0.25, 0.3) is 0 Å². The van der Waals surface area contributed by atoms with Gasteiger partial charge < -0.3 is 4.74 Å². The van der Waals surface area contributed by atoms with Crippen LogP contribution >= 0.6 is 11.8 Å². The van der Waals surface area contributed by atoms with Crippen LogP contribution in [0.2, 0.25) is 0 Å². The van der Waals surface area contributed by atoms with Crippen molar-refractivity contribution >= 4 is 29.2 Å². The van der Waals surface area contributed by atoms with Crippen molar-refractivity contribution in [3.8, 4) is 0 Å². The Morgan fingerprint density at radius 3 is 2.65 bits per heavy atom. The third-order valence-corrected chi connectivity index (χ3v) is 5.76. The van der Waals surface area contributed by atoms with Crippen LogP contribution in [0.4, 0.5) is 0 Å². The molecule has 0 amide bonds. The molecule has 0 aromatic heterocycles. The number of ketones is 1. The van der Waals surface area contributed by atoms with E-state index in [2.05, 4.69) is 4.99 Å². The summed E-state index contributed by atoms with van der Waals surface area (Å²) in [6.45, 7) is 4.24. The van der Waals surface area contributed by atoms with Crippen LogP contribution in [0, 0.1) is 5.92 Å². The van der Waals surface area contributed by atoms with E-state index in [0.29, 0.717) is 13.0 Å². The second kappa shape index (κ2) is 8.21. The van der Waals surface area contributed by atoms with E-state index in [9.17, 15) is 9.59 Å². The van der Waals surface area contributed by atoms with Gasteiger partial charge in [0.1, 0.15) is 5.92 Å². The van der Waals surface area contributed by atoms with Gasteiger partial charge in [-0.15, -0.1) is 11.8 Å². The van der Waals surface area contributed by atoms with E-state index < -0.39 is 5.92 Å². The summed E-state index contributed by atoms with van der Waals surface area (Å²) in [5, 5.41) is 0. The molecule has 0 saturated carbocycles. The number of thioether (sulfide) groups is 1. The predicted molar refractivity (Wildman–Crippen MR) is 105 cm³/mol. The first-order valence-corrected chi connectivity index (χ1v) is 10.4. The quantitative estimate of drug-likeness (QED) is 0.563. The molecule has 1 aliphatic carbocycles. The van der Waals surface area contributed by atoms with Crippen molar-refractivity contribution in [1.82, 2.24) is 0 Å². The van der Waals surface area contributed by atoms with Gasteiger partial charge in [0.25, 0.3) is 0 Å². The lowest BCUT2D eigenvalue weighted by Crippen LogP contribution is -2.37. The maximum atomic E-state index is 12.8. The molecule has 1 aromatic carbocycles. The summed E-state index contributed by atoms with van der Waals surface area (Å²) in [5.74, 6) is -0.982. The number of benzene rings is 1. The number of carbonyl (C=O) groups excluding carboxylic acids is 2. The summed E-state index contributed by atoms with van der Waals surface area (Å²) in [6, 6.07) is 8.15. The number of allylic oxidation sites excluding steroid dienone is 2. The molecule has 0 spiro atoms. The SMILES string of the molecule is CCCOC(=O)C1C(C)=NC2=C(C(=O)CCC2)[C@H]1c1ccc(SC)cc1. The lowest BCUT2D eigenvalue weighted by atomic mass is 9.72. The van der Waals surface area contributed by atoms with Crippen LogP contribution in [0.15, 0.2) is 45.4 Å². The van der Waals surface area contributed by atoms with Crippen LogP contribution in [-0.4, -0.2) is 30.3 Å². The summed E-state index contributed by atoms with van der Waals surface area (Å²) in [5.41, 5.74) is 3.31. The Balaban J connectivity index is 2.07. The van der Waals surface area contributed by atoms with Gasteiger partial charge in [-0.25, -0.2) is 0 Å². The number of hydrogen-bond acceptors (Lipinski definition) is 5. The van der Waals surface area contributed by atoms with E-state index in [0.717, 1.165) is 46.7 Å². The normalized spacial score (nSPS) is 22.7. The number of ether oxygens (including phenoxy) is 1. The molecule has 0 radical (unpaired) electrons. The molecule has 138 valence electrons. The van der Waals surface area contributed by atoms with Crippen LogP contribution in [0.5, 0.6) is 0 Å². The first-order chi connectivity index (χ1) is 12.6. The minimum absolute atomic E-state index is 0.120. The number of esters is 1. The highest BCUT2D eigenvalue weighted by molar-refractivity contribution is 7.98. The zero-order valence-electron chi connectivity index (χ0n) is 15.6. The van der Waals surface area contributed by atoms with Crippen molar-refractivity contribution in [2.24, 2.45) is 10.9 Å². The van der Waals surface area contributed by atoms with Crippen LogP contribution in [0.3, 0.4) is 0 Å². The second-order valence-electron chi connectivity index (χ2n) is 6.79. The van der Waals surface area contributed by atoms with Gasteiger partial charge in [0.2, 0.25) is 0 Å². The average molecular weight is 372 g/mol.